The zero-order valence-corrected chi connectivity index (χ0v) is 15.0. The van der Waals surface area contributed by atoms with Gasteiger partial charge in [0.1, 0.15) is 11.5 Å². The van der Waals surface area contributed by atoms with Crippen molar-refractivity contribution in [1.29, 1.82) is 0 Å². The second kappa shape index (κ2) is 6.72. The number of pyridine rings is 1. The van der Waals surface area contributed by atoms with Gasteiger partial charge < -0.3 is 9.84 Å². The Morgan fingerprint density at radius 2 is 2.31 bits per heavy atom. The van der Waals surface area contributed by atoms with E-state index in [1.165, 1.54) is 5.56 Å². The van der Waals surface area contributed by atoms with Crippen LogP contribution in [0.15, 0.2) is 42.7 Å². The number of ether oxygens (including phenoxy) is 1. The standard InChI is InChI=1S/C21H24N2O3/c1-15-10-16(6-7-19(15)26-18-5-3-9-22-11-18)12-23-13-17-4-2-8-21(17,14-23)20(24)25/h3,5-7,9-11,17H,2,4,8,12-14H2,1H3,(H,24,25)/t17-,21+/m0/s1. The maximum absolute atomic E-state index is 11.8. The first kappa shape index (κ1) is 17.0. The summed E-state index contributed by atoms with van der Waals surface area (Å²) in [6, 6.07) is 9.92. The number of hydrogen-bond acceptors (Lipinski definition) is 4. The summed E-state index contributed by atoms with van der Waals surface area (Å²) in [6.07, 6.45) is 6.32. The average molecular weight is 352 g/mol. The molecule has 2 atom stereocenters. The lowest BCUT2D eigenvalue weighted by Crippen LogP contribution is -2.35. The molecule has 0 amide bonds. The highest BCUT2D eigenvalue weighted by atomic mass is 16.5. The van der Waals surface area contributed by atoms with E-state index in [-0.39, 0.29) is 0 Å². The largest absolute Gasteiger partial charge is 0.481 e. The fraction of sp³-hybridized carbons (Fsp3) is 0.429. The molecule has 2 fully saturated rings. The summed E-state index contributed by atoms with van der Waals surface area (Å²) in [6.45, 7) is 4.38. The number of benzene rings is 1. The maximum Gasteiger partial charge on any atom is 0.311 e. The van der Waals surface area contributed by atoms with Gasteiger partial charge in [-0.05, 0) is 55.0 Å². The molecule has 1 aliphatic heterocycles. The fourth-order valence-corrected chi connectivity index (χ4v) is 4.58. The van der Waals surface area contributed by atoms with Crippen molar-refractivity contribution in [3.8, 4) is 11.5 Å². The number of aromatic nitrogens is 1. The van der Waals surface area contributed by atoms with Crippen LogP contribution in [-0.4, -0.2) is 34.0 Å². The van der Waals surface area contributed by atoms with Gasteiger partial charge in [0.05, 0.1) is 11.6 Å². The molecule has 2 aliphatic rings. The first-order valence-corrected chi connectivity index (χ1v) is 9.20. The van der Waals surface area contributed by atoms with E-state index in [0.29, 0.717) is 12.5 Å². The number of carboxylic acids is 1. The Morgan fingerprint density at radius 1 is 1.42 bits per heavy atom. The molecule has 4 rings (SSSR count). The van der Waals surface area contributed by atoms with Crippen LogP contribution in [0.4, 0.5) is 0 Å². The van der Waals surface area contributed by atoms with Crippen LogP contribution in [0, 0.1) is 18.3 Å². The molecule has 2 aromatic rings. The summed E-state index contributed by atoms with van der Waals surface area (Å²) < 4.78 is 5.89. The van der Waals surface area contributed by atoms with Gasteiger partial charge in [0.25, 0.3) is 0 Å². The van der Waals surface area contributed by atoms with E-state index in [4.69, 9.17) is 4.74 Å². The van der Waals surface area contributed by atoms with Crippen LogP contribution >= 0.6 is 0 Å². The Labute approximate surface area is 153 Å². The summed E-state index contributed by atoms with van der Waals surface area (Å²) in [4.78, 5) is 18.2. The minimum absolute atomic E-state index is 0.300. The Bertz CT molecular complexity index is 808. The number of likely N-dealkylation sites (tertiary alicyclic amines) is 1. The van der Waals surface area contributed by atoms with Gasteiger partial charge in [0, 0.05) is 25.8 Å². The van der Waals surface area contributed by atoms with Gasteiger partial charge in [-0.2, -0.15) is 0 Å². The van der Waals surface area contributed by atoms with Crippen molar-refractivity contribution >= 4 is 5.97 Å². The van der Waals surface area contributed by atoms with E-state index in [2.05, 4.69) is 22.0 Å². The predicted octanol–water partition coefficient (Wildman–Crippen LogP) is 3.87. The fourth-order valence-electron chi connectivity index (χ4n) is 4.58. The lowest BCUT2D eigenvalue weighted by molar-refractivity contribution is -0.149. The molecule has 1 saturated heterocycles. The van der Waals surface area contributed by atoms with Crippen molar-refractivity contribution in [3.05, 3.63) is 53.9 Å². The molecule has 2 heterocycles. The zero-order valence-electron chi connectivity index (χ0n) is 15.0. The van der Waals surface area contributed by atoms with Gasteiger partial charge in [0.15, 0.2) is 0 Å². The molecule has 1 saturated carbocycles. The molecule has 0 radical (unpaired) electrons. The van der Waals surface area contributed by atoms with Crippen molar-refractivity contribution in [1.82, 2.24) is 9.88 Å². The quantitative estimate of drug-likeness (QED) is 0.885. The molecule has 1 aliphatic carbocycles. The van der Waals surface area contributed by atoms with Crippen LogP contribution in [0.1, 0.15) is 30.4 Å². The monoisotopic (exact) mass is 352 g/mol. The van der Waals surface area contributed by atoms with Gasteiger partial charge in [0.2, 0.25) is 0 Å². The number of fused-ring (bicyclic) bond motifs is 1. The zero-order chi connectivity index (χ0) is 18.1. The summed E-state index contributed by atoms with van der Waals surface area (Å²) >= 11 is 0. The van der Waals surface area contributed by atoms with Crippen LogP contribution < -0.4 is 4.74 Å². The number of carbonyl (C=O) groups is 1. The Hall–Kier alpha value is -2.40. The van der Waals surface area contributed by atoms with E-state index < -0.39 is 11.4 Å². The Morgan fingerprint density at radius 3 is 3.00 bits per heavy atom. The first-order valence-electron chi connectivity index (χ1n) is 9.20. The van der Waals surface area contributed by atoms with E-state index in [1.807, 2.05) is 25.1 Å². The van der Waals surface area contributed by atoms with Crippen molar-refractivity contribution in [2.45, 2.75) is 32.7 Å². The molecule has 5 heteroatoms. The van der Waals surface area contributed by atoms with Gasteiger partial charge in [-0.25, -0.2) is 0 Å². The third-order valence-corrected chi connectivity index (χ3v) is 5.87. The minimum atomic E-state index is -0.612. The van der Waals surface area contributed by atoms with Crippen molar-refractivity contribution < 1.29 is 14.6 Å². The first-order chi connectivity index (χ1) is 12.6. The lowest BCUT2D eigenvalue weighted by atomic mass is 9.81. The highest BCUT2D eigenvalue weighted by Gasteiger charge is 2.54. The van der Waals surface area contributed by atoms with Gasteiger partial charge in [-0.1, -0.05) is 18.6 Å². The Kier molecular flexibility index (Phi) is 4.41. The summed E-state index contributed by atoms with van der Waals surface area (Å²) in [5, 5.41) is 9.73. The second-order valence-corrected chi connectivity index (χ2v) is 7.61. The number of hydrogen-bond donors (Lipinski definition) is 1. The van der Waals surface area contributed by atoms with Gasteiger partial charge in [-0.15, -0.1) is 0 Å². The van der Waals surface area contributed by atoms with Crippen LogP contribution in [0.2, 0.25) is 0 Å². The van der Waals surface area contributed by atoms with Gasteiger partial charge >= 0.3 is 5.97 Å². The SMILES string of the molecule is Cc1cc(CN2C[C@@H]3CCC[C@@]3(C(=O)O)C2)ccc1Oc1cccnc1. The molecule has 1 N–H and O–H groups in total. The molecule has 5 nitrogen and oxygen atoms in total. The summed E-state index contributed by atoms with van der Waals surface area (Å²) in [7, 11) is 0. The highest BCUT2D eigenvalue weighted by Crippen LogP contribution is 2.49. The Balaban J connectivity index is 1.45. The predicted molar refractivity (Wildman–Crippen MR) is 98.2 cm³/mol. The number of rotatable bonds is 5. The smallest absolute Gasteiger partial charge is 0.311 e. The minimum Gasteiger partial charge on any atom is -0.481 e. The topological polar surface area (TPSA) is 62.7 Å². The highest BCUT2D eigenvalue weighted by molar-refractivity contribution is 5.76. The third kappa shape index (κ3) is 3.07. The van der Waals surface area contributed by atoms with E-state index in [0.717, 1.165) is 49.4 Å². The summed E-state index contributed by atoms with van der Waals surface area (Å²) in [5.41, 5.74) is 1.75. The van der Waals surface area contributed by atoms with E-state index in [9.17, 15) is 9.90 Å². The number of aryl methyl sites for hydroxylation is 1. The molecule has 26 heavy (non-hydrogen) atoms. The number of carboxylic acid groups (broad SMARTS) is 1. The van der Waals surface area contributed by atoms with Crippen LogP contribution in [0.5, 0.6) is 11.5 Å². The molecule has 0 bridgehead atoms. The van der Waals surface area contributed by atoms with Crippen molar-refractivity contribution in [3.63, 3.8) is 0 Å². The second-order valence-electron chi connectivity index (χ2n) is 7.61. The van der Waals surface area contributed by atoms with Crippen LogP contribution in [-0.2, 0) is 11.3 Å². The average Bonchev–Trinajstić information content (AvgIpc) is 3.16. The van der Waals surface area contributed by atoms with E-state index >= 15 is 0 Å². The molecule has 1 aromatic carbocycles. The van der Waals surface area contributed by atoms with Crippen LogP contribution in [0.25, 0.3) is 0 Å². The van der Waals surface area contributed by atoms with Crippen molar-refractivity contribution in [2.75, 3.05) is 13.1 Å². The molecule has 0 unspecified atom stereocenters. The molecular formula is C21H24N2O3. The number of nitrogens with zero attached hydrogens (tertiary/aromatic N) is 2. The lowest BCUT2D eigenvalue weighted by Gasteiger charge is -2.23. The molecule has 136 valence electrons. The molecule has 1 aromatic heterocycles. The maximum atomic E-state index is 11.8. The molecular weight excluding hydrogens is 328 g/mol. The molecule has 0 spiro atoms. The van der Waals surface area contributed by atoms with Crippen LogP contribution in [0.3, 0.4) is 0 Å². The summed E-state index contributed by atoms with van der Waals surface area (Å²) in [5.74, 6) is 1.23. The third-order valence-electron chi connectivity index (χ3n) is 5.87. The normalized spacial score (nSPS) is 25.2. The van der Waals surface area contributed by atoms with Crippen molar-refractivity contribution in [2.24, 2.45) is 11.3 Å². The number of aliphatic carboxylic acids is 1. The van der Waals surface area contributed by atoms with E-state index in [1.54, 1.807) is 12.4 Å². The van der Waals surface area contributed by atoms with Gasteiger partial charge in [-0.3, -0.25) is 14.7 Å².